The summed E-state index contributed by atoms with van der Waals surface area (Å²) >= 11 is 0. The molecule has 0 aliphatic carbocycles. The number of aliphatic hydroxyl groups is 1. The Morgan fingerprint density at radius 2 is 2.00 bits per heavy atom. The lowest BCUT2D eigenvalue weighted by molar-refractivity contribution is 0.103. The van der Waals surface area contributed by atoms with Crippen LogP contribution in [0.1, 0.15) is 21.6 Å². The first-order chi connectivity index (χ1) is 7.33. The smallest absolute Gasteiger partial charge is 0.209 e. The Morgan fingerprint density at radius 3 is 2.67 bits per heavy atom. The molecule has 0 radical (unpaired) electrons. The second-order valence-electron chi connectivity index (χ2n) is 3.23. The average Bonchev–Trinajstić information content (AvgIpc) is 2.81. The van der Waals surface area contributed by atoms with Crippen molar-refractivity contribution < 1.29 is 9.90 Å². The summed E-state index contributed by atoms with van der Waals surface area (Å²) in [5.41, 5.74) is 1.73. The monoisotopic (exact) mass is 201 g/mol. The van der Waals surface area contributed by atoms with E-state index in [2.05, 4.69) is 4.98 Å². The number of ketones is 1. The van der Waals surface area contributed by atoms with Gasteiger partial charge in [-0.3, -0.25) is 4.79 Å². The Labute approximate surface area is 87.4 Å². The zero-order valence-electron chi connectivity index (χ0n) is 8.10. The Balaban J connectivity index is 2.42. The van der Waals surface area contributed by atoms with Crippen LogP contribution < -0.4 is 0 Å². The maximum absolute atomic E-state index is 11.9. The van der Waals surface area contributed by atoms with Gasteiger partial charge in [0.15, 0.2) is 0 Å². The van der Waals surface area contributed by atoms with Gasteiger partial charge < -0.3 is 10.1 Å². The van der Waals surface area contributed by atoms with Gasteiger partial charge in [0, 0.05) is 11.8 Å². The van der Waals surface area contributed by atoms with Crippen molar-refractivity contribution in [2.45, 2.75) is 6.61 Å². The summed E-state index contributed by atoms with van der Waals surface area (Å²) in [7, 11) is 0. The second kappa shape index (κ2) is 4.11. The predicted octanol–water partition coefficient (Wildman–Crippen LogP) is 1.74. The van der Waals surface area contributed by atoms with Crippen LogP contribution in [-0.2, 0) is 6.61 Å². The lowest BCUT2D eigenvalue weighted by Crippen LogP contribution is -2.05. The summed E-state index contributed by atoms with van der Waals surface area (Å²) in [5.74, 6) is -0.0929. The van der Waals surface area contributed by atoms with Crippen LogP contribution in [0.4, 0.5) is 0 Å². The van der Waals surface area contributed by atoms with Gasteiger partial charge >= 0.3 is 0 Å². The van der Waals surface area contributed by atoms with Gasteiger partial charge in [0.05, 0.1) is 12.3 Å². The summed E-state index contributed by atoms with van der Waals surface area (Å²) < 4.78 is 0. The van der Waals surface area contributed by atoms with E-state index >= 15 is 0 Å². The van der Waals surface area contributed by atoms with Crippen molar-refractivity contribution >= 4 is 5.78 Å². The molecular weight excluding hydrogens is 190 g/mol. The zero-order chi connectivity index (χ0) is 10.7. The van der Waals surface area contributed by atoms with Crippen LogP contribution in [0, 0.1) is 0 Å². The van der Waals surface area contributed by atoms with Crippen LogP contribution in [0.5, 0.6) is 0 Å². The van der Waals surface area contributed by atoms with Crippen molar-refractivity contribution in [3.63, 3.8) is 0 Å². The molecule has 2 aromatic rings. The number of aliphatic hydroxyl groups excluding tert-OH is 1. The van der Waals surface area contributed by atoms with Crippen molar-refractivity contribution in [1.82, 2.24) is 4.98 Å². The molecule has 3 heteroatoms. The summed E-state index contributed by atoms with van der Waals surface area (Å²) in [6.07, 6.45) is 1.70. The first-order valence-electron chi connectivity index (χ1n) is 4.70. The van der Waals surface area contributed by atoms with Gasteiger partial charge in [-0.05, 0) is 17.7 Å². The van der Waals surface area contributed by atoms with E-state index in [9.17, 15) is 4.79 Å². The normalized spacial score (nSPS) is 10.2. The summed E-state index contributed by atoms with van der Waals surface area (Å²) in [6, 6.07) is 10.5. The Hall–Kier alpha value is -1.87. The van der Waals surface area contributed by atoms with Crippen molar-refractivity contribution in [2.24, 2.45) is 0 Å². The molecule has 0 saturated carbocycles. The third-order valence-electron chi connectivity index (χ3n) is 2.27. The number of hydrogen-bond donors (Lipinski definition) is 2. The minimum atomic E-state index is -0.122. The molecule has 2 N–H and O–H groups in total. The lowest BCUT2D eigenvalue weighted by Gasteiger charge is -2.04. The Morgan fingerprint density at radius 1 is 1.20 bits per heavy atom. The molecule has 1 heterocycles. The van der Waals surface area contributed by atoms with Crippen LogP contribution in [0.2, 0.25) is 0 Å². The summed E-state index contributed by atoms with van der Waals surface area (Å²) in [4.78, 5) is 14.8. The van der Waals surface area contributed by atoms with E-state index in [-0.39, 0.29) is 12.4 Å². The molecule has 0 unspecified atom stereocenters. The first kappa shape index (κ1) is 9.68. The number of aromatic amines is 1. The molecule has 2 rings (SSSR count). The largest absolute Gasteiger partial charge is 0.392 e. The van der Waals surface area contributed by atoms with Gasteiger partial charge in [-0.15, -0.1) is 0 Å². The zero-order valence-corrected chi connectivity index (χ0v) is 8.10. The topological polar surface area (TPSA) is 53.1 Å². The van der Waals surface area contributed by atoms with Gasteiger partial charge in [0.25, 0.3) is 0 Å². The quantitative estimate of drug-likeness (QED) is 0.743. The maximum Gasteiger partial charge on any atom is 0.209 e. The number of carbonyl (C=O) groups excluding carboxylic acids is 1. The maximum atomic E-state index is 11.9. The molecule has 1 aromatic carbocycles. The van der Waals surface area contributed by atoms with E-state index in [1.807, 2.05) is 0 Å². The van der Waals surface area contributed by atoms with E-state index < -0.39 is 0 Å². The fraction of sp³-hybridized carbons (Fsp3) is 0.0833. The van der Waals surface area contributed by atoms with Crippen LogP contribution in [0.3, 0.4) is 0 Å². The highest BCUT2D eigenvalue weighted by Gasteiger charge is 2.12. The van der Waals surface area contributed by atoms with E-state index in [1.54, 1.807) is 42.6 Å². The van der Waals surface area contributed by atoms with Crippen LogP contribution in [-0.4, -0.2) is 15.9 Å². The first-order valence-corrected chi connectivity index (χ1v) is 4.70. The molecule has 0 aliphatic heterocycles. The molecule has 76 valence electrons. The van der Waals surface area contributed by atoms with E-state index in [0.717, 1.165) is 0 Å². The van der Waals surface area contributed by atoms with Crippen LogP contribution in [0.15, 0.2) is 42.6 Å². The molecule has 0 atom stereocenters. The highest BCUT2D eigenvalue weighted by molar-refractivity contribution is 6.08. The number of nitrogens with one attached hydrogen (secondary N) is 1. The fourth-order valence-corrected chi connectivity index (χ4v) is 1.50. The number of carbonyl (C=O) groups is 1. The molecule has 0 fully saturated rings. The molecule has 3 nitrogen and oxygen atoms in total. The lowest BCUT2D eigenvalue weighted by atomic mass is 10.0. The van der Waals surface area contributed by atoms with E-state index in [4.69, 9.17) is 5.11 Å². The Bertz CT molecular complexity index is 460. The standard InChI is InChI=1S/C12H11NO2/c14-8-9-4-1-2-5-10(9)12(15)11-6-3-7-13-11/h1-7,13-14H,8H2. The minimum absolute atomic E-state index is 0.0929. The van der Waals surface area contributed by atoms with Crippen molar-refractivity contribution in [1.29, 1.82) is 0 Å². The molecule has 1 aromatic heterocycles. The highest BCUT2D eigenvalue weighted by atomic mass is 16.3. The predicted molar refractivity (Wildman–Crippen MR) is 56.6 cm³/mol. The molecule has 0 aliphatic rings. The van der Waals surface area contributed by atoms with E-state index in [1.165, 1.54) is 0 Å². The molecule has 0 amide bonds. The minimum Gasteiger partial charge on any atom is -0.392 e. The molecule has 0 saturated heterocycles. The number of rotatable bonds is 3. The number of hydrogen-bond acceptors (Lipinski definition) is 2. The number of aromatic nitrogens is 1. The van der Waals surface area contributed by atoms with E-state index in [0.29, 0.717) is 16.8 Å². The summed E-state index contributed by atoms with van der Waals surface area (Å²) in [5, 5.41) is 9.10. The molecule has 0 bridgehead atoms. The van der Waals surface area contributed by atoms with Crippen LogP contribution in [0.25, 0.3) is 0 Å². The third-order valence-corrected chi connectivity index (χ3v) is 2.27. The highest BCUT2D eigenvalue weighted by Crippen LogP contribution is 2.13. The van der Waals surface area contributed by atoms with Gasteiger partial charge in [-0.2, -0.15) is 0 Å². The van der Waals surface area contributed by atoms with Gasteiger partial charge in [-0.1, -0.05) is 24.3 Å². The molecular formula is C12H11NO2. The number of H-pyrrole nitrogens is 1. The van der Waals surface area contributed by atoms with Gasteiger partial charge in [0.1, 0.15) is 0 Å². The van der Waals surface area contributed by atoms with Gasteiger partial charge in [0.2, 0.25) is 5.78 Å². The van der Waals surface area contributed by atoms with Gasteiger partial charge in [-0.25, -0.2) is 0 Å². The van der Waals surface area contributed by atoms with Crippen molar-refractivity contribution in [3.8, 4) is 0 Å². The van der Waals surface area contributed by atoms with Crippen LogP contribution >= 0.6 is 0 Å². The number of benzene rings is 1. The van der Waals surface area contributed by atoms with Crippen molar-refractivity contribution in [3.05, 3.63) is 59.4 Å². The average molecular weight is 201 g/mol. The summed E-state index contributed by atoms with van der Waals surface area (Å²) in [6.45, 7) is -0.122. The fourth-order valence-electron chi connectivity index (χ4n) is 1.50. The SMILES string of the molecule is O=C(c1ccc[nH]1)c1ccccc1CO. The third kappa shape index (κ3) is 1.82. The molecule has 15 heavy (non-hydrogen) atoms. The van der Waals surface area contributed by atoms with Crippen molar-refractivity contribution in [2.75, 3.05) is 0 Å². The Kier molecular flexibility index (Phi) is 2.65. The molecule has 0 spiro atoms. The second-order valence-corrected chi connectivity index (χ2v) is 3.23.